The number of nitrogens with two attached hydrogens (primary N) is 1. The molecule has 1 aromatic carbocycles. The predicted molar refractivity (Wildman–Crippen MR) is 62.4 cm³/mol. The highest BCUT2D eigenvalue weighted by Gasteiger charge is 2.05. The first-order valence-electron chi connectivity index (χ1n) is 5.47. The van der Waals surface area contributed by atoms with Gasteiger partial charge in [0.25, 0.3) is 0 Å². The van der Waals surface area contributed by atoms with E-state index in [0.717, 1.165) is 6.42 Å². The minimum Gasteiger partial charge on any atom is -0.324 e. The van der Waals surface area contributed by atoms with Crippen molar-refractivity contribution in [3.8, 4) is 0 Å². The van der Waals surface area contributed by atoms with Gasteiger partial charge in [-0.2, -0.15) is 0 Å². The molecule has 1 aromatic rings. The van der Waals surface area contributed by atoms with E-state index in [2.05, 4.69) is 39.0 Å². The molecule has 0 saturated carbocycles. The van der Waals surface area contributed by atoms with E-state index >= 15 is 0 Å². The van der Waals surface area contributed by atoms with Crippen molar-refractivity contribution < 1.29 is 0 Å². The van der Waals surface area contributed by atoms with Gasteiger partial charge in [0.15, 0.2) is 0 Å². The van der Waals surface area contributed by atoms with E-state index in [-0.39, 0.29) is 6.04 Å². The second kappa shape index (κ2) is 5.16. The molecule has 0 spiro atoms. The van der Waals surface area contributed by atoms with Crippen molar-refractivity contribution in [1.29, 1.82) is 0 Å². The van der Waals surface area contributed by atoms with Gasteiger partial charge in [0.05, 0.1) is 0 Å². The zero-order valence-corrected chi connectivity index (χ0v) is 9.51. The molecule has 78 valence electrons. The lowest BCUT2D eigenvalue weighted by Crippen LogP contribution is -2.10. The molecule has 0 saturated heterocycles. The van der Waals surface area contributed by atoms with Crippen LogP contribution in [0.4, 0.5) is 0 Å². The van der Waals surface area contributed by atoms with Gasteiger partial charge < -0.3 is 5.73 Å². The van der Waals surface area contributed by atoms with Gasteiger partial charge in [0.1, 0.15) is 0 Å². The molecule has 0 amide bonds. The summed E-state index contributed by atoms with van der Waals surface area (Å²) in [5.74, 6) is 0. The molecule has 1 atom stereocenters. The number of unbranched alkanes of at least 4 members (excludes halogenated alkanes) is 1. The Bertz CT molecular complexity index is 271. The second-order valence-corrected chi connectivity index (χ2v) is 4.17. The van der Waals surface area contributed by atoms with Gasteiger partial charge in [-0.1, -0.05) is 49.1 Å². The maximum atomic E-state index is 6.12. The van der Waals surface area contributed by atoms with Crippen LogP contribution in [0.3, 0.4) is 0 Å². The van der Waals surface area contributed by atoms with E-state index in [1.54, 1.807) is 0 Å². The first-order chi connectivity index (χ1) is 6.63. The molecule has 0 aliphatic carbocycles. The Morgan fingerprint density at radius 3 is 2.21 bits per heavy atom. The lowest BCUT2D eigenvalue weighted by atomic mass is 9.98. The number of hydrogen-bond acceptors (Lipinski definition) is 1. The summed E-state index contributed by atoms with van der Waals surface area (Å²) in [5, 5.41) is 0. The molecule has 0 aliphatic rings. The first kappa shape index (κ1) is 11.3. The van der Waals surface area contributed by atoms with Crippen LogP contribution in [0, 0.1) is 13.8 Å². The van der Waals surface area contributed by atoms with Crippen LogP contribution in [0.1, 0.15) is 48.9 Å². The van der Waals surface area contributed by atoms with Crippen molar-refractivity contribution in [2.75, 3.05) is 0 Å². The molecule has 1 heteroatoms. The third-order valence-corrected chi connectivity index (χ3v) is 2.54. The van der Waals surface area contributed by atoms with E-state index in [0.29, 0.717) is 0 Å². The molecule has 0 aromatic heterocycles. The van der Waals surface area contributed by atoms with Crippen LogP contribution in [-0.2, 0) is 0 Å². The van der Waals surface area contributed by atoms with Crippen molar-refractivity contribution >= 4 is 0 Å². The van der Waals surface area contributed by atoms with Gasteiger partial charge in [-0.25, -0.2) is 0 Å². The van der Waals surface area contributed by atoms with E-state index in [9.17, 15) is 0 Å². The topological polar surface area (TPSA) is 26.0 Å². The van der Waals surface area contributed by atoms with Crippen LogP contribution in [0.2, 0.25) is 0 Å². The van der Waals surface area contributed by atoms with Gasteiger partial charge in [0.2, 0.25) is 0 Å². The molecule has 1 nitrogen and oxygen atoms in total. The summed E-state index contributed by atoms with van der Waals surface area (Å²) < 4.78 is 0. The van der Waals surface area contributed by atoms with Gasteiger partial charge in [-0.15, -0.1) is 0 Å². The van der Waals surface area contributed by atoms with E-state index in [1.165, 1.54) is 29.5 Å². The fourth-order valence-electron chi connectivity index (χ4n) is 1.81. The minimum atomic E-state index is 0.216. The summed E-state index contributed by atoms with van der Waals surface area (Å²) in [6.07, 6.45) is 3.53. The number of hydrogen-bond donors (Lipinski definition) is 1. The van der Waals surface area contributed by atoms with Crippen molar-refractivity contribution in [3.63, 3.8) is 0 Å². The molecule has 0 fully saturated rings. The van der Waals surface area contributed by atoms with E-state index < -0.39 is 0 Å². The van der Waals surface area contributed by atoms with Gasteiger partial charge in [0, 0.05) is 6.04 Å². The van der Waals surface area contributed by atoms with Crippen LogP contribution in [0.15, 0.2) is 18.2 Å². The van der Waals surface area contributed by atoms with Crippen molar-refractivity contribution in [2.24, 2.45) is 5.73 Å². The Morgan fingerprint density at radius 2 is 1.71 bits per heavy atom. The molecule has 0 radical (unpaired) electrons. The Morgan fingerprint density at radius 1 is 1.14 bits per heavy atom. The zero-order valence-electron chi connectivity index (χ0n) is 9.51. The lowest BCUT2D eigenvalue weighted by molar-refractivity contribution is 0.603. The summed E-state index contributed by atoms with van der Waals surface area (Å²) in [7, 11) is 0. The van der Waals surface area contributed by atoms with Crippen molar-refractivity contribution in [1.82, 2.24) is 0 Å². The maximum absolute atomic E-state index is 6.12. The molecule has 14 heavy (non-hydrogen) atoms. The average molecular weight is 191 g/mol. The quantitative estimate of drug-likeness (QED) is 0.774. The maximum Gasteiger partial charge on any atom is 0.0295 e. The molecule has 1 rings (SSSR count). The van der Waals surface area contributed by atoms with Crippen LogP contribution < -0.4 is 5.73 Å². The Hall–Kier alpha value is -0.820. The Balaban J connectivity index is 2.73. The Kier molecular flexibility index (Phi) is 4.15. The summed E-state index contributed by atoms with van der Waals surface area (Å²) in [6, 6.07) is 6.81. The molecular formula is C13H21N. The van der Waals surface area contributed by atoms with E-state index in [1.807, 2.05) is 0 Å². The Labute approximate surface area is 87.3 Å². The minimum absolute atomic E-state index is 0.216. The molecule has 0 aliphatic heterocycles. The number of rotatable bonds is 4. The van der Waals surface area contributed by atoms with Crippen LogP contribution in [-0.4, -0.2) is 0 Å². The first-order valence-corrected chi connectivity index (χ1v) is 5.47. The summed E-state index contributed by atoms with van der Waals surface area (Å²) >= 11 is 0. The van der Waals surface area contributed by atoms with Crippen molar-refractivity contribution in [3.05, 3.63) is 34.9 Å². The molecule has 2 N–H and O–H groups in total. The predicted octanol–water partition coefficient (Wildman–Crippen LogP) is 3.49. The third kappa shape index (κ3) is 3.15. The highest BCUT2D eigenvalue weighted by Crippen LogP contribution is 2.19. The SMILES string of the molecule is CCCC[C@@H](N)c1cc(C)cc(C)c1. The zero-order chi connectivity index (χ0) is 10.6. The van der Waals surface area contributed by atoms with Gasteiger partial charge in [-0.3, -0.25) is 0 Å². The number of benzene rings is 1. The standard InChI is InChI=1S/C13H21N/c1-4-5-6-13(14)12-8-10(2)7-11(3)9-12/h7-9,13H,4-6,14H2,1-3H3/t13-/m1/s1. The molecule has 0 heterocycles. The van der Waals surface area contributed by atoms with Crippen LogP contribution in [0.5, 0.6) is 0 Å². The fraction of sp³-hybridized carbons (Fsp3) is 0.538. The van der Waals surface area contributed by atoms with Crippen LogP contribution in [0.25, 0.3) is 0 Å². The highest BCUT2D eigenvalue weighted by atomic mass is 14.6. The van der Waals surface area contributed by atoms with Crippen molar-refractivity contribution in [2.45, 2.75) is 46.1 Å². The summed E-state index contributed by atoms with van der Waals surface area (Å²) in [5.41, 5.74) is 10.0. The van der Waals surface area contributed by atoms with Crippen LogP contribution >= 0.6 is 0 Å². The highest BCUT2D eigenvalue weighted by molar-refractivity contribution is 5.30. The molecule has 0 bridgehead atoms. The lowest BCUT2D eigenvalue weighted by Gasteiger charge is -2.13. The second-order valence-electron chi connectivity index (χ2n) is 4.17. The van der Waals surface area contributed by atoms with E-state index in [4.69, 9.17) is 5.73 Å². The molecular weight excluding hydrogens is 170 g/mol. The average Bonchev–Trinajstić information content (AvgIpc) is 2.12. The number of aryl methyl sites for hydroxylation is 2. The normalized spacial score (nSPS) is 12.9. The fourth-order valence-corrected chi connectivity index (χ4v) is 1.81. The van der Waals surface area contributed by atoms with Gasteiger partial charge >= 0.3 is 0 Å². The van der Waals surface area contributed by atoms with Gasteiger partial charge in [-0.05, 0) is 25.8 Å². The summed E-state index contributed by atoms with van der Waals surface area (Å²) in [4.78, 5) is 0. The third-order valence-electron chi connectivity index (χ3n) is 2.54. The largest absolute Gasteiger partial charge is 0.324 e. The summed E-state index contributed by atoms with van der Waals surface area (Å²) in [6.45, 7) is 6.46. The monoisotopic (exact) mass is 191 g/mol. The molecule has 0 unspecified atom stereocenters. The smallest absolute Gasteiger partial charge is 0.0295 e.